The van der Waals surface area contributed by atoms with Crippen LogP contribution in [0.15, 0.2) is 30.3 Å². The lowest BCUT2D eigenvalue weighted by Gasteiger charge is -2.31. The standard InChI is InChI=1S/C17H26N2O/c20-17(15-7-4-9-18-11-15)16-8-10-19(13-16)12-14-5-2-1-3-6-14/h1-3,5-6,15-18,20H,4,7-13H2. The number of likely N-dealkylation sites (tertiary alicyclic amines) is 1. The number of nitrogens with zero attached hydrogens (tertiary/aromatic N) is 1. The van der Waals surface area contributed by atoms with Crippen molar-refractivity contribution < 1.29 is 5.11 Å². The molecule has 110 valence electrons. The first-order valence-electron chi connectivity index (χ1n) is 7.98. The molecule has 3 rings (SSSR count). The summed E-state index contributed by atoms with van der Waals surface area (Å²) in [4.78, 5) is 2.49. The van der Waals surface area contributed by atoms with E-state index in [2.05, 4.69) is 40.5 Å². The molecule has 2 heterocycles. The number of aliphatic hydroxyl groups excluding tert-OH is 1. The molecule has 3 heteroatoms. The molecular formula is C17H26N2O. The van der Waals surface area contributed by atoms with E-state index in [-0.39, 0.29) is 6.10 Å². The number of benzene rings is 1. The topological polar surface area (TPSA) is 35.5 Å². The summed E-state index contributed by atoms with van der Waals surface area (Å²) in [5.41, 5.74) is 1.38. The van der Waals surface area contributed by atoms with Gasteiger partial charge in [-0.15, -0.1) is 0 Å². The van der Waals surface area contributed by atoms with E-state index >= 15 is 0 Å². The van der Waals surface area contributed by atoms with Crippen LogP contribution in [0.4, 0.5) is 0 Å². The smallest absolute Gasteiger partial charge is 0.0621 e. The predicted octanol–water partition coefficient (Wildman–Crippen LogP) is 1.87. The Balaban J connectivity index is 1.51. The number of rotatable bonds is 4. The molecule has 0 aromatic heterocycles. The second-order valence-electron chi connectivity index (χ2n) is 6.37. The molecule has 0 amide bonds. The molecule has 2 saturated heterocycles. The summed E-state index contributed by atoms with van der Waals surface area (Å²) in [6.45, 7) is 5.31. The molecular weight excluding hydrogens is 248 g/mol. The van der Waals surface area contributed by atoms with Crippen molar-refractivity contribution in [2.75, 3.05) is 26.2 Å². The molecule has 2 aliphatic heterocycles. The van der Waals surface area contributed by atoms with Crippen LogP contribution in [0.3, 0.4) is 0 Å². The minimum Gasteiger partial charge on any atom is -0.392 e. The molecule has 3 unspecified atom stereocenters. The Morgan fingerprint density at radius 3 is 2.80 bits per heavy atom. The normalized spacial score (nSPS) is 29.4. The van der Waals surface area contributed by atoms with Gasteiger partial charge in [0.25, 0.3) is 0 Å². The van der Waals surface area contributed by atoms with Gasteiger partial charge in [0.1, 0.15) is 0 Å². The Morgan fingerprint density at radius 1 is 1.20 bits per heavy atom. The Kier molecular flexibility index (Phi) is 4.71. The van der Waals surface area contributed by atoms with E-state index < -0.39 is 0 Å². The fourth-order valence-corrected chi connectivity index (χ4v) is 3.68. The number of aliphatic hydroxyl groups is 1. The van der Waals surface area contributed by atoms with Crippen molar-refractivity contribution in [1.82, 2.24) is 10.2 Å². The summed E-state index contributed by atoms with van der Waals surface area (Å²) < 4.78 is 0. The van der Waals surface area contributed by atoms with Gasteiger partial charge in [0, 0.05) is 19.6 Å². The van der Waals surface area contributed by atoms with Crippen LogP contribution in [0.2, 0.25) is 0 Å². The second kappa shape index (κ2) is 6.70. The van der Waals surface area contributed by atoms with Crippen molar-refractivity contribution in [2.24, 2.45) is 11.8 Å². The van der Waals surface area contributed by atoms with Crippen molar-refractivity contribution in [3.05, 3.63) is 35.9 Å². The Hall–Kier alpha value is -0.900. The summed E-state index contributed by atoms with van der Waals surface area (Å²) in [5, 5.41) is 14.0. The van der Waals surface area contributed by atoms with E-state index in [0.717, 1.165) is 39.1 Å². The largest absolute Gasteiger partial charge is 0.392 e. The van der Waals surface area contributed by atoms with Crippen LogP contribution < -0.4 is 5.32 Å². The zero-order chi connectivity index (χ0) is 13.8. The van der Waals surface area contributed by atoms with E-state index in [1.807, 2.05) is 0 Å². The molecule has 20 heavy (non-hydrogen) atoms. The third-order valence-corrected chi connectivity index (χ3v) is 4.86. The Labute approximate surface area is 122 Å². The molecule has 1 aromatic rings. The molecule has 0 spiro atoms. The molecule has 0 saturated carbocycles. The number of piperidine rings is 1. The molecule has 0 aliphatic carbocycles. The van der Waals surface area contributed by atoms with E-state index in [4.69, 9.17) is 0 Å². The van der Waals surface area contributed by atoms with Crippen LogP contribution in [0.1, 0.15) is 24.8 Å². The fraction of sp³-hybridized carbons (Fsp3) is 0.647. The van der Waals surface area contributed by atoms with Crippen molar-refractivity contribution in [3.8, 4) is 0 Å². The summed E-state index contributed by atoms with van der Waals surface area (Å²) in [7, 11) is 0. The van der Waals surface area contributed by atoms with Gasteiger partial charge in [-0.25, -0.2) is 0 Å². The minimum absolute atomic E-state index is 0.122. The SMILES string of the molecule is OC(C1CCCNC1)C1CCN(Cc2ccccc2)C1. The predicted molar refractivity (Wildman–Crippen MR) is 81.4 cm³/mol. The molecule has 3 nitrogen and oxygen atoms in total. The van der Waals surface area contributed by atoms with Crippen LogP contribution in [-0.4, -0.2) is 42.3 Å². The number of nitrogens with one attached hydrogen (secondary N) is 1. The van der Waals surface area contributed by atoms with E-state index in [1.165, 1.54) is 18.4 Å². The van der Waals surface area contributed by atoms with Crippen LogP contribution in [0.5, 0.6) is 0 Å². The summed E-state index contributed by atoms with van der Waals surface area (Å²) >= 11 is 0. The third-order valence-electron chi connectivity index (χ3n) is 4.86. The first-order valence-corrected chi connectivity index (χ1v) is 7.98. The lowest BCUT2D eigenvalue weighted by molar-refractivity contribution is 0.0418. The Morgan fingerprint density at radius 2 is 2.05 bits per heavy atom. The average Bonchev–Trinajstić information content (AvgIpc) is 2.97. The maximum absolute atomic E-state index is 10.6. The monoisotopic (exact) mass is 274 g/mol. The van der Waals surface area contributed by atoms with Gasteiger partial charge in [0.2, 0.25) is 0 Å². The first-order chi connectivity index (χ1) is 9.83. The quantitative estimate of drug-likeness (QED) is 0.880. The first kappa shape index (κ1) is 14.1. The molecule has 0 radical (unpaired) electrons. The van der Waals surface area contributed by atoms with Crippen LogP contribution >= 0.6 is 0 Å². The molecule has 2 N–H and O–H groups in total. The van der Waals surface area contributed by atoms with Crippen molar-refractivity contribution in [1.29, 1.82) is 0 Å². The summed E-state index contributed by atoms with van der Waals surface area (Å²) in [5.74, 6) is 0.925. The third kappa shape index (κ3) is 3.40. The molecule has 1 aromatic carbocycles. The highest BCUT2D eigenvalue weighted by molar-refractivity contribution is 5.14. The molecule has 2 aliphatic rings. The van der Waals surface area contributed by atoms with Gasteiger partial charge in [-0.2, -0.15) is 0 Å². The van der Waals surface area contributed by atoms with Crippen molar-refractivity contribution in [2.45, 2.75) is 31.9 Å². The van der Waals surface area contributed by atoms with E-state index in [9.17, 15) is 5.11 Å². The zero-order valence-corrected chi connectivity index (χ0v) is 12.2. The van der Waals surface area contributed by atoms with Gasteiger partial charge in [0.05, 0.1) is 6.10 Å². The minimum atomic E-state index is -0.122. The fourth-order valence-electron chi connectivity index (χ4n) is 3.68. The van der Waals surface area contributed by atoms with E-state index in [1.54, 1.807) is 0 Å². The maximum atomic E-state index is 10.6. The highest BCUT2D eigenvalue weighted by atomic mass is 16.3. The lowest BCUT2D eigenvalue weighted by Crippen LogP contribution is -2.40. The van der Waals surface area contributed by atoms with Gasteiger partial charge in [-0.05, 0) is 49.8 Å². The van der Waals surface area contributed by atoms with Crippen molar-refractivity contribution in [3.63, 3.8) is 0 Å². The molecule has 0 bridgehead atoms. The summed E-state index contributed by atoms with van der Waals surface area (Å²) in [6.07, 6.45) is 3.42. The molecule has 3 atom stereocenters. The highest BCUT2D eigenvalue weighted by Gasteiger charge is 2.33. The van der Waals surface area contributed by atoms with Crippen LogP contribution in [-0.2, 0) is 6.54 Å². The van der Waals surface area contributed by atoms with Crippen LogP contribution in [0.25, 0.3) is 0 Å². The van der Waals surface area contributed by atoms with Gasteiger partial charge in [-0.1, -0.05) is 30.3 Å². The zero-order valence-electron chi connectivity index (χ0n) is 12.2. The van der Waals surface area contributed by atoms with Gasteiger partial charge in [0.15, 0.2) is 0 Å². The van der Waals surface area contributed by atoms with Crippen molar-refractivity contribution >= 4 is 0 Å². The van der Waals surface area contributed by atoms with Crippen LogP contribution in [0, 0.1) is 11.8 Å². The lowest BCUT2D eigenvalue weighted by atomic mass is 9.85. The highest BCUT2D eigenvalue weighted by Crippen LogP contribution is 2.28. The number of hydrogen-bond acceptors (Lipinski definition) is 3. The second-order valence-corrected chi connectivity index (χ2v) is 6.37. The number of hydrogen-bond donors (Lipinski definition) is 2. The Bertz CT molecular complexity index is 403. The van der Waals surface area contributed by atoms with E-state index in [0.29, 0.717) is 11.8 Å². The average molecular weight is 274 g/mol. The van der Waals surface area contributed by atoms with Gasteiger partial charge < -0.3 is 10.4 Å². The van der Waals surface area contributed by atoms with Gasteiger partial charge in [-0.3, -0.25) is 4.90 Å². The molecule has 2 fully saturated rings. The summed E-state index contributed by atoms with van der Waals surface area (Å²) in [6, 6.07) is 10.6. The maximum Gasteiger partial charge on any atom is 0.0621 e. The van der Waals surface area contributed by atoms with Gasteiger partial charge >= 0.3 is 0 Å².